The van der Waals surface area contributed by atoms with Crippen LogP contribution >= 0.6 is 0 Å². The molecule has 5 aliphatic rings. The van der Waals surface area contributed by atoms with Crippen molar-refractivity contribution in [3.63, 3.8) is 0 Å². The van der Waals surface area contributed by atoms with E-state index in [1.165, 1.54) is 25.3 Å². The zero-order valence-corrected chi connectivity index (χ0v) is 17.4. The Morgan fingerprint density at radius 1 is 1.11 bits per heavy atom. The van der Waals surface area contributed by atoms with Gasteiger partial charge in [0.15, 0.2) is 0 Å². The van der Waals surface area contributed by atoms with Crippen LogP contribution in [0.4, 0.5) is 0 Å². The fraction of sp³-hybridized carbons (Fsp3) is 0.750. The SMILES string of the molecule is CC(=O)OC1=CC2=CCC3C(CCC4(C)C3CCC43CCC(=O)O3)C2(C)CC1. The molecule has 4 nitrogen and oxygen atoms in total. The molecule has 0 radical (unpaired) electrons. The predicted octanol–water partition coefficient (Wildman–Crippen LogP) is 5.08. The predicted molar refractivity (Wildman–Crippen MR) is 105 cm³/mol. The number of fused-ring (bicyclic) bond motifs is 6. The number of ether oxygens (including phenoxy) is 2. The van der Waals surface area contributed by atoms with E-state index in [1.54, 1.807) is 0 Å². The first-order chi connectivity index (χ1) is 13.3. The summed E-state index contributed by atoms with van der Waals surface area (Å²) in [6.07, 6.45) is 13.7. The van der Waals surface area contributed by atoms with E-state index in [2.05, 4.69) is 26.0 Å². The fourth-order valence-electron chi connectivity index (χ4n) is 7.86. The molecule has 0 aromatic rings. The van der Waals surface area contributed by atoms with E-state index in [9.17, 15) is 9.59 Å². The summed E-state index contributed by atoms with van der Waals surface area (Å²) in [7, 11) is 0. The van der Waals surface area contributed by atoms with Crippen LogP contribution in [0.25, 0.3) is 0 Å². The van der Waals surface area contributed by atoms with Crippen LogP contribution in [0, 0.1) is 28.6 Å². The lowest BCUT2D eigenvalue weighted by atomic mass is 9.47. The molecule has 0 aromatic carbocycles. The Bertz CT molecular complexity index is 794. The summed E-state index contributed by atoms with van der Waals surface area (Å²) in [6.45, 7) is 6.33. The summed E-state index contributed by atoms with van der Waals surface area (Å²) in [5.74, 6) is 2.61. The van der Waals surface area contributed by atoms with Crippen molar-refractivity contribution in [2.75, 3.05) is 0 Å². The highest BCUT2D eigenvalue weighted by Crippen LogP contribution is 2.69. The van der Waals surface area contributed by atoms with E-state index in [0.29, 0.717) is 24.2 Å². The highest BCUT2D eigenvalue weighted by molar-refractivity contribution is 5.72. The number of allylic oxidation sites excluding steroid dienone is 4. The van der Waals surface area contributed by atoms with Crippen LogP contribution < -0.4 is 0 Å². The average Bonchev–Trinajstić information content (AvgIpc) is 3.16. The van der Waals surface area contributed by atoms with Gasteiger partial charge in [-0.05, 0) is 79.8 Å². The van der Waals surface area contributed by atoms with Gasteiger partial charge in [0.05, 0.1) is 0 Å². The second-order valence-corrected chi connectivity index (χ2v) is 10.4. The lowest BCUT2D eigenvalue weighted by Gasteiger charge is -2.58. The van der Waals surface area contributed by atoms with Crippen LogP contribution in [0.2, 0.25) is 0 Å². The first-order valence-electron chi connectivity index (χ1n) is 11.1. The largest absolute Gasteiger partial charge is 0.458 e. The fourth-order valence-corrected chi connectivity index (χ4v) is 7.86. The van der Waals surface area contributed by atoms with Crippen LogP contribution in [0.5, 0.6) is 0 Å². The Morgan fingerprint density at radius 2 is 1.89 bits per heavy atom. The van der Waals surface area contributed by atoms with Crippen molar-refractivity contribution in [3.05, 3.63) is 23.5 Å². The highest BCUT2D eigenvalue weighted by atomic mass is 16.6. The van der Waals surface area contributed by atoms with Gasteiger partial charge in [0.2, 0.25) is 0 Å². The van der Waals surface area contributed by atoms with Gasteiger partial charge in [-0.15, -0.1) is 0 Å². The minimum absolute atomic E-state index is 0.0113. The molecule has 1 aliphatic heterocycles. The van der Waals surface area contributed by atoms with Crippen molar-refractivity contribution in [1.29, 1.82) is 0 Å². The molecule has 28 heavy (non-hydrogen) atoms. The molecule has 1 spiro atoms. The lowest BCUT2D eigenvalue weighted by molar-refractivity contribution is -0.167. The second kappa shape index (κ2) is 5.96. The standard InChI is InChI=1S/C24H32O4/c1-15(25)27-17-6-10-22(2)16(14-17)4-5-18-19(22)7-11-23(3)20(18)8-12-24(23)13-9-21(26)28-24/h4,14,18-20H,5-13H2,1-3H3. The van der Waals surface area contributed by atoms with Gasteiger partial charge in [-0.25, -0.2) is 0 Å². The number of rotatable bonds is 1. The minimum Gasteiger partial charge on any atom is -0.458 e. The van der Waals surface area contributed by atoms with E-state index in [1.807, 2.05) is 0 Å². The van der Waals surface area contributed by atoms with Gasteiger partial charge in [-0.3, -0.25) is 9.59 Å². The van der Waals surface area contributed by atoms with Crippen LogP contribution in [0.3, 0.4) is 0 Å². The molecule has 0 bridgehead atoms. The Hall–Kier alpha value is -1.58. The summed E-state index contributed by atoms with van der Waals surface area (Å²) in [4.78, 5) is 23.3. The van der Waals surface area contributed by atoms with Crippen LogP contribution in [0.15, 0.2) is 23.5 Å². The van der Waals surface area contributed by atoms with Gasteiger partial charge < -0.3 is 9.47 Å². The molecule has 152 valence electrons. The maximum atomic E-state index is 12.0. The molecule has 5 rings (SSSR count). The lowest BCUT2D eigenvalue weighted by Crippen LogP contribution is -2.54. The molecular weight excluding hydrogens is 352 g/mol. The molecular formula is C24H32O4. The first kappa shape index (κ1) is 18.4. The third-order valence-corrected chi connectivity index (χ3v) is 9.34. The number of carbonyl (C=O) groups excluding carboxylic acids is 2. The minimum atomic E-state index is -0.222. The zero-order valence-electron chi connectivity index (χ0n) is 17.4. The summed E-state index contributed by atoms with van der Waals surface area (Å²) < 4.78 is 11.4. The Labute approximate surface area is 167 Å². The smallest absolute Gasteiger partial charge is 0.307 e. The van der Waals surface area contributed by atoms with Crippen LogP contribution in [-0.4, -0.2) is 17.5 Å². The molecule has 6 atom stereocenters. The maximum Gasteiger partial charge on any atom is 0.307 e. The first-order valence-corrected chi connectivity index (χ1v) is 11.1. The molecule has 0 N–H and O–H groups in total. The quantitative estimate of drug-likeness (QED) is 0.592. The van der Waals surface area contributed by atoms with Gasteiger partial charge in [0, 0.05) is 25.2 Å². The molecule has 4 heteroatoms. The normalized spacial score (nSPS) is 46.8. The molecule has 6 unspecified atom stereocenters. The van der Waals surface area contributed by atoms with Gasteiger partial charge in [-0.2, -0.15) is 0 Å². The van der Waals surface area contributed by atoms with E-state index in [-0.39, 0.29) is 28.4 Å². The number of carbonyl (C=O) groups is 2. The Kier molecular flexibility index (Phi) is 3.93. The molecule has 3 fully saturated rings. The number of hydrogen-bond donors (Lipinski definition) is 0. The maximum absolute atomic E-state index is 12.0. The van der Waals surface area contributed by atoms with Crippen molar-refractivity contribution >= 4 is 11.9 Å². The summed E-state index contributed by atoms with van der Waals surface area (Å²) in [6, 6.07) is 0. The highest BCUT2D eigenvalue weighted by Gasteiger charge is 2.66. The van der Waals surface area contributed by atoms with E-state index in [0.717, 1.165) is 44.3 Å². The summed E-state index contributed by atoms with van der Waals surface area (Å²) in [5.41, 5.74) is 1.49. The van der Waals surface area contributed by atoms with Crippen molar-refractivity contribution < 1.29 is 19.1 Å². The molecule has 0 amide bonds. The van der Waals surface area contributed by atoms with Crippen molar-refractivity contribution in [1.82, 2.24) is 0 Å². The van der Waals surface area contributed by atoms with Gasteiger partial charge >= 0.3 is 11.9 Å². The van der Waals surface area contributed by atoms with Gasteiger partial charge in [-0.1, -0.05) is 19.9 Å². The van der Waals surface area contributed by atoms with Crippen LogP contribution in [-0.2, 0) is 19.1 Å². The summed E-state index contributed by atoms with van der Waals surface area (Å²) >= 11 is 0. The Morgan fingerprint density at radius 3 is 2.61 bits per heavy atom. The second-order valence-electron chi connectivity index (χ2n) is 10.4. The number of hydrogen-bond acceptors (Lipinski definition) is 4. The molecule has 4 aliphatic carbocycles. The van der Waals surface area contributed by atoms with Crippen molar-refractivity contribution in [2.24, 2.45) is 28.6 Å². The third-order valence-electron chi connectivity index (χ3n) is 9.34. The van der Waals surface area contributed by atoms with Gasteiger partial charge in [0.25, 0.3) is 0 Å². The average molecular weight is 385 g/mol. The van der Waals surface area contributed by atoms with Crippen molar-refractivity contribution in [3.8, 4) is 0 Å². The third kappa shape index (κ3) is 2.35. The van der Waals surface area contributed by atoms with Gasteiger partial charge in [0.1, 0.15) is 11.4 Å². The van der Waals surface area contributed by atoms with Crippen molar-refractivity contribution in [2.45, 2.75) is 84.2 Å². The molecule has 0 aromatic heterocycles. The molecule has 2 saturated carbocycles. The van der Waals surface area contributed by atoms with Crippen LogP contribution in [0.1, 0.15) is 78.6 Å². The molecule has 1 saturated heterocycles. The monoisotopic (exact) mass is 384 g/mol. The van der Waals surface area contributed by atoms with E-state index < -0.39 is 0 Å². The summed E-state index contributed by atoms with van der Waals surface area (Å²) in [5, 5.41) is 0. The topological polar surface area (TPSA) is 52.6 Å². The molecule has 1 heterocycles. The number of esters is 2. The zero-order chi connectivity index (χ0) is 19.7. The van der Waals surface area contributed by atoms with E-state index >= 15 is 0 Å². The Balaban J connectivity index is 1.45. The van der Waals surface area contributed by atoms with E-state index in [4.69, 9.17) is 9.47 Å².